The summed E-state index contributed by atoms with van der Waals surface area (Å²) in [4.78, 5) is 17.0. The van der Waals surface area contributed by atoms with Crippen LogP contribution in [0.15, 0.2) is 46.3 Å². The van der Waals surface area contributed by atoms with Crippen LogP contribution in [0.3, 0.4) is 0 Å². The molecule has 2 aromatic carbocycles. The number of rotatable bonds is 4. The number of aryl methyl sites for hydroxylation is 1. The van der Waals surface area contributed by atoms with Gasteiger partial charge in [-0.05, 0) is 59.3 Å². The second-order valence-electron chi connectivity index (χ2n) is 5.25. The van der Waals surface area contributed by atoms with Gasteiger partial charge in [0.15, 0.2) is 0 Å². The topological polar surface area (TPSA) is 51.2 Å². The summed E-state index contributed by atoms with van der Waals surface area (Å²) < 4.78 is 5.81. The van der Waals surface area contributed by atoms with E-state index < -0.39 is 0 Å². The van der Waals surface area contributed by atoms with Gasteiger partial charge in [0.25, 0.3) is 5.91 Å². The molecule has 0 aliphatic carbocycles. The molecule has 1 N–H and O–H groups in total. The van der Waals surface area contributed by atoms with Crippen molar-refractivity contribution in [1.29, 1.82) is 0 Å². The summed E-state index contributed by atoms with van der Waals surface area (Å²) in [5, 5.41) is 6.39. The number of benzene rings is 2. The minimum atomic E-state index is -0.225. The van der Waals surface area contributed by atoms with Crippen LogP contribution in [-0.2, 0) is 0 Å². The summed E-state index contributed by atoms with van der Waals surface area (Å²) >= 11 is 11.2. The van der Waals surface area contributed by atoms with Crippen LogP contribution in [0.1, 0.15) is 29.2 Å². The lowest BCUT2D eigenvalue weighted by molar-refractivity contribution is 0.102. The molecule has 0 saturated heterocycles. The maximum absolute atomic E-state index is 12.5. The molecule has 0 aliphatic heterocycles. The Morgan fingerprint density at radius 3 is 2.56 bits per heavy atom. The van der Waals surface area contributed by atoms with Crippen LogP contribution in [0.4, 0.5) is 5.69 Å². The van der Waals surface area contributed by atoms with Crippen molar-refractivity contribution in [3.05, 3.63) is 61.8 Å². The molecule has 0 spiro atoms. The summed E-state index contributed by atoms with van der Waals surface area (Å²) in [5.74, 6) is 0.452. The van der Waals surface area contributed by atoms with Gasteiger partial charge in [0.05, 0.1) is 28.4 Å². The van der Waals surface area contributed by atoms with Crippen molar-refractivity contribution >= 4 is 50.5 Å². The molecule has 142 valence electrons. The predicted octanol–water partition coefficient (Wildman–Crippen LogP) is 6.82. The summed E-state index contributed by atoms with van der Waals surface area (Å²) in [6, 6.07) is 10.5. The molecular formula is C20H20BrClN2O2S. The lowest BCUT2D eigenvalue weighted by atomic mass is 10.1. The number of aromatic nitrogens is 1. The monoisotopic (exact) mass is 466 g/mol. The average Bonchev–Trinajstić information content (AvgIpc) is 3.10. The lowest BCUT2D eigenvalue weighted by Crippen LogP contribution is -2.12. The number of ether oxygens (including phenoxy) is 1. The third-order valence-electron chi connectivity index (χ3n) is 3.54. The lowest BCUT2D eigenvalue weighted by Gasteiger charge is -2.10. The van der Waals surface area contributed by atoms with Gasteiger partial charge in [0, 0.05) is 21.1 Å². The molecule has 7 heteroatoms. The van der Waals surface area contributed by atoms with E-state index >= 15 is 0 Å². The molecule has 0 atom stereocenters. The van der Waals surface area contributed by atoms with Crippen LogP contribution in [-0.4, -0.2) is 18.0 Å². The Balaban J connectivity index is 0.00000126. The fourth-order valence-corrected chi connectivity index (χ4v) is 3.66. The second kappa shape index (κ2) is 9.88. The Kier molecular flexibility index (Phi) is 7.83. The van der Waals surface area contributed by atoms with Gasteiger partial charge >= 0.3 is 0 Å². The molecule has 0 fully saturated rings. The normalized spacial score (nSPS) is 10.0. The van der Waals surface area contributed by atoms with Crippen LogP contribution in [0.5, 0.6) is 5.75 Å². The first-order valence-corrected chi connectivity index (χ1v) is 10.4. The van der Waals surface area contributed by atoms with E-state index in [0.717, 1.165) is 16.3 Å². The van der Waals surface area contributed by atoms with E-state index in [9.17, 15) is 4.79 Å². The van der Waals surface area contributed by atoms with Crippen molar-refractivity contribution in [2.24, 2.45) is 0 Å². The summed E-state index contributed by atoms with van der Waals surface area (Å²) in [6.07, 6.45) is 0. The van der Waals surface area contributed by atoms with Gasteiger partial charge in [0.2, 0.25) is 0 Å². The molecule has 0 unspecified atom stereocenters. The first-order valence-electron chi connectivity index (χ1n) is 8.35. The van der Waals surface area contributed by atoms with Crippen LogP contribution in [0.2, 0.25) is 5.02 Å². The molecule has 0 saturated carbocycles. The van der Waals surface area contributed by atoms with Crippen molar-refractivity contribution in [2.45, 2.75) is 20.8 Å². The molecule has 1 aromatic heterocycles. The zero-order valence-electron chi connectivity index (χ0n) is 15.5. The Morgan fingerprint density at radius 1 is 1.22 bits per heavy atom. The molecule has 1 amide bonds. The van der Waals surface area contributed by atoms with Crippen molar-refractivity contribution in [2.75, 3.05) is 12.4 Å². The summed E-state index contributed by atoms with van der Waals surface area (Å²) in [6.45, 7) is 5.94. The second-order valence-corrected chi connectivity index (χ2v) is 7.57. The van der Waals surface area contributed by atoms with E-state index in [1.165, 1.54) is 0 Å². The van der Waals surface area contributed by atoms with Gasteiger partial charge in [-0.15, -0.1) is 11.3 Å². The van der Waals surface area contributed by atoms with Crippen LogP contribution >= 0.6 is 38.9 Å². The van der Waals surface area contributed by atoms with Gasteiger partial charge in [-0.3, -0.25) is 4.79 Å². The van der Waals surface area contributed by atoms with Crippen molar-refractivity contribution in [1.82, 2.24) is 4.98 Å². The highest BCUT2D eigenvalue weighted by atomic mass is 79.9. The zero-order chi connectivity index (χ0) is 20.0. The first-order chi connectivity index (χ1) is 13.0. The molecule has 0 aliphatic rings. The minimum absolute atomic E-state index is 0.225. The Morgan fingerprint density at radius 2 is 1.96 bits per heavy atom. The number of nitrogens with zero attached hydrogens (tertiary/aromatic N) is 1. The number of hydrogen-bond acceptors (Lipinski definition) is 4. The fourth-order valence-electron chi connectivity index (χ4n) is 2.29. The number of carbonyl (C=O) groups is 1. The maximum atomic E-state index is 12.5. The highest BCUT2D eigenvalue weighted by Crippen LogP contribution is 2.32. The highest BCUT2D eigenvalue weighted by molar-refractivity contribution is 9.10. The Labute approximate surface area is 176 Å². The number of methoxy groups -OCH3 is 1. The smallest absolute Gasteiger partial charge is 0.256 e. The molecule has 0 bridgehead atoms. The minimum Gasteiger partial charge on any atom is -0.497 e. The first kappa shape index (κ1) is 21.4. The number of thiazole rings is 1. The van der Waals surface area contributed by atoms with Crippen molar-refractivity contribution < 1.29 is 9.53 Å². The predicted molar refractivity (Wildman–Crippen MR) is 117 cm³/mol. The van der Waals surface area contributed by atoms with Gasteiger partial charge in [-0.1, -0.05) is 25.4 Å². The highest BCUT2D eigenvalue weighted by Gasteiger charge is 2.13. The van der Waals surface area contributed by atoms with Gasteiger partial charge < -0.3 is 10.1 Å². The molecule has 1 heterocycles. The molecule has 3 aromatic rings. The van der Waals surface area contributed by atoms with E-state index in [1.54, 1.807) is 48.8 Å². The van der Waals surface area contributed by atoms with E-state index in [-0.39, 0.29) is 5.91 Å². The number of amides is 1. The number of hydrogen-bond donors (Lipinski definition) is 1. The quantitative estimate of drug-likeness (QED) is 0.458. The molecule has 0 radical (unpaired) electrons. The van der Waals surface area contributed by atoms with E-state index in [2.05, 4.69) is 26.2 Å². The molecular weight excluding hydrogens is 448 g/mol. The number of carbonyl (C=O) groups excluding carboxylic acids is 1. The van der Waals surface area contributed by atoms with Crippen LogP contribution in [0.25, 0.3) is 11.3 Å². The summed E-state index contributed by atoms with van der Waals surface area (Å²) in [5.41, 5.74) is 2.76. The van der Waals surface area contributed by atoms with Gasteiger partial charge in [0.1, 0.15) is 5.75 Å². The van der Waals surface area contributed by atoms with Crippen molar-refractivity contribution in [3.8, 4) is 17.0 Å². The van der Waals surface area contributed by atoms with Crippen molar-refractivity contribution in [3.63, 3.8) is 0 Å². The van der Waals surface area contributed by atoms with Crippen LogP contribution in [0, 0.1) is 6.92 Å². The van der Waals surface area contributed by atoms with E-state index in [4.69, 9.17) is 16.3 Å². The number of halogens is 2. The standard InChI is InChI=1S/C18H14BrClN2O2S.C2H6/c1-10-21-17(9-25-10)14-7-11(3-6-16(14)20)22-18(23)13-5-4-12(24-2)8-15(13)19;1-2/h3-9H,1-2H3,(H,22,23);1-2H3. The number of anilines is 1. The Bertz CT molecular complexity index is 943. The fraction of sp³-hybridized carbons (Fsp3) is 0.200. The van der Waals surface area contributed by atoms with E-state index in [0.29, 0.717) is 26.5 Å². The zero-order valence-corrected chi connectivity index (χ0v) is 18.6. The third-order valence-corrected chi connectivity index (χ3v) is 5.30. The summed E-state index contributed by atoms with van der Waals surface area (Å²) in [7, 11) is 1.58. The maximum Gasteiger partial charge on any atom is 0.256 e. The van der Waals surface area contributed by atoms with Gasteiger partial charge in [-0.25, -0.2) is 4.98 Å². The Hall–Kier alpha value is -1.89. The SMILES string of the molecule is CC.COc1ccc(C(=O)Nc2ccc(Cl)c(-c3csc(C)n3)c2)c(Br)c1. The van der Waals surface area contributed by atoms with Crippen LogP contribution < -0.4 is 10.1 Å². The third kappa shape index (κ3) is 5.31. The molecule has 3 rings (SSSR count). The molecule has 27 heavy (non-hydrogen) atoms. The van der Waals surface area contributed by atoms with E-state index in [1.807, 2.05) is 32.2 Å². The average molecular weight is 468 g/mol. The largest absolute Gasteiger partial charge is 0.497 e. The molecule has 4 nitrogen and oxygen atoms in total. The van der Waals surface area contributed by atoms with Gasteiger partial charge in [-0.2, -0.15) is 0 Å². The number of nitrogens with one attached hydrogen (secondary N) is 1.